The van der Waals surface area contributed by atoms with Crippen molar-refractivity contribution in [2.45, 2.75) is 40.4 Å². The highest BCUT2D eigenvalue weighted by atomic mass is 32.2. The minimum absolute atomic E-state index is 0. The van der Waals surface area contributed by atoms with Crippen LogP contribution < -0.4 is 10.8 Å². The maximum absolute atomic E-state index is 11.0. The second-order valence-electron chi connectivity index (χ2n) is 4.94. The van der Waals surface area contributed by atoms with Gasteiger partial charge in [0.2, 0.25) is 11.8 Å². The summed E-state index contributed by atoms with van der Waals surface area (Å²) in [6, 6.07) is 0. The topological polar surface area (TPSA) is 62.7 Å². The molecular weight excluding hydrogens is 274 g/mol. The van der Waals surface area contributed by atoms with Crippen molar-refractivity contribution in [3.63, 3.8) is 0 Å². The fourth-order valence-electron chi connectivity index (χ4n) is 1.42. The van der Waals surface area contributed by atoms with E-state index in [2.05, 4.69) is 28.9 Å². The highest BCUT2D eigenvalue weighted by Gasteiger charge is 2.29. The van der Waals surface area contributed by atoms with Gasteiger partial charge >= 0.3 is 0 Å². The van der Waals surface area contributed by atoms with Crippen LogP contribution in [-0.4, -0.2) is 17.0 Å². The zero-order valence-corrected chi connectivity index (χ0v) is 12.6. The Morgan fingerprint density at radius 3 is 2.10 bits per heavy atom. The Hall–Kier alpha value is -1.43. The van der Waals surface area contributed by atoms with Crippen molar-refractivity contribution >= 4 is 23.5 Å². The number of carbonyl (C=O) groups is 1. The minimum atomic E-state index is 0. The molecule has 0 radical (unpaired) electrons. The summed E-state index contributed by atoms with van der Waals surface area (Å²) >= 11 is 1.53. The number of amides is 1. The number of nitrogens with one attached hydrogen (secondary N) is 2. The van der Waals surface area contributed by atoms with Crippen LogP contribution in [0.3, 0.4) is 0 Å². The third-order valence-corrected chi connectivity index (χ3v) is 3.86. The predicted octanol–water partition coefficient (Wildman–Crippen LogP) is 3.03. The number of hydroxylamine groups is 1. The van der Waals surface area contributed by atoms with E-state index in [4.69, 9.17) is 4.84 Å². The first-order valence-corrected chi connectivity index (χ1v) is 7.06. The summed E-state index contributed by atoms with van der Waals surface area (Å²) < 4.78 is 0. The maximum atomic E-state index is 11.0. The van der Waals surface area contributed by atoms with Crippen LogP contribution in [0.4, 0.5) is 0 Å². The van der Waals surface area contributed by atoms with E-state index in [1.54, 1.807) is 0 Å². The molecular formula is C14H25N3O2S. The molecule has 5 nitrogen and oxygen atoms in total. The van der Waals surface area contributed by atoms with Gasteiger partial charge in [-0.15, -0.1) is 0 Å². The van der Waals surface area contributed by atoms with Crippen molar-refractivity contribution in [3.8, 4) is 0 Å². The third kappa shape index (κ3) is 5.28. The molecule has 2 N–H and O–H groups in total. The molecule has 1 atom stereocenters. The van der Waals surface area contributed by atoms with Crippen LogP contribution in [0.2, 0.25) is 0 Å². The number of aliphatic imine (C=N–C) groups is 1. The molecule has 6 heteroatoms. The maximum Gasteiger partial charge on any atom is 0.240 e. The number of rotatable bonds is 2. The van der Waals surface area contributed by atoms with E-state index in [1.807, 2.05) is 27.7 Å². The quantitative estimate of drug-likeness (QED) is 0.822. The van der Waals surface area contributed by atoms with Crippen molar-refractivity contribution in [1.82, 2.24) is 10.8 Å². The normalized spacial score (nSPS) is 20.6. The van der Waals surface area contributed by atoms with Crippen LogP contribution in [0.15, 0.2) is 29.1 Å². The average Bonchev–Trinajstić information content (AvgIpc) is 2.85. The van der Waals surface area contributed by atoms with E-state index in [0.717, 1.165) is 10.9 Å². The van der Waals surface area contributed by atoms with Gasteiger partial charge in [-0.3, -0.25) is 4.79 Å². The Bertz CT molecular complexity index is 417. The van der Waals surface area contributed by atoms with Crippen LogP contribution in [0, 0.1) is 11.8 Å². The molecule has 2 heterocycles. The summed E-state index contributed by atoms with van der Waals surface area (Å²) in [5, 5.41) is 3.54. The van der Waals surface area contributed by atoms with E-state index in [1.165, 1.54) is 11.8 Å². The molecule has 0 bridgehead atoms. The summed E-state index contributed by atoms with van der Waals surface area (Å²) in [7, 11) is 0. The van der Waals surface area contributed by atoms with Gasteiger partial charge in [0.05, 0.1) is 10.3 Å². The summed E-state index contributed by atoms with van der Waals surface area (Å²) in [6.07, 6.45) is 0. The lowest BCUT2D eigenvalue weighted by atomic mass is 10.1. The summed E-state index contributed by atoms with van der Waals surface area (Å²) in [4.78, 5) is 19.8. The lowest BCUT2D eigenvalue weighted by Crippen LogP contribution is -2.25. The van der Waals surface area contributed by atoms with Crippen molar-refractivity contribution < 1.29 is 9.63 Å². The fourth-order valence-corrected chi connectivity index (χ4v) is 2.33. The van der Waals surface area contributed by atoms with Gasteiger partial charge in [-0.2, -0.15) is 4.99 Å². The monoisotopic (exact) mass is 299 g/mol. The molecule has 20 heavy (non-hydrogen) atoms. The molecule has 2 rings (SSSR count). The van der Waals surface area contributed by atoms with Gasteiger partial charge < -0.3 is 10.2 Å². The molecule has 1 saturated heterocycles. The van der Waals surface area contributed by atoms with Crippen LogP contribution in [-0.2, 0) is 9.63 Å². The Morgan fingerprint density at radius 1 is 1.30 bits per heavy atom. The molecule has 1 fully saturated rings. The van der Waals surface area contributed by atoms with Crippen LogP contribution >= 0.6 is 11.8 Å². The Morgan fingerprint density at radius 2 is 1.90 bits per heavy atom. The van der Waals surface area contributed by atoms with Gasteiger partial charge in [-0.1, -0.05) is 53.5 Å². The molecule has 2 aliphatic rings. The highest BCUT2D eigenvalue weighted by molar-refractivity contribution is 8.04. The van der Waals surface area contributed by atoms with Crippen molar-refractivity contribution in [3.05, 3.63) is 24.1 Å². The number of nitrogens with zero attached hydrogens (tertiary/aromatic N) is 1. The van der Waals surface area contributed by atoms with E-state index >= 15 is 0 Å². The van der Waals surface area contributed by atoms with Gasteiger partial charge in [0.1, 0.15) is 5.84 Å². The smallest absolute Gasteiger partial charge is 0.240 e. The first-order valence-electron chi connectivity index (χ1n) is 6.18. The SMILES string of the molecule is C.C=C1N=C(C(C)C)NO1.C=C1NC(=O)C(C(C)C)S1. The summed E-state index contributed by atoms with van der Waals surface area (Å²) in [5.74, 6) is 2.16. The largest absolute Gasteiger partial charge is 0.361 e. The highest BCUT2D eigenvalue weighted by Crippen LogP contribution is 2.30. The van der Waals surface area contributed by atoms with Crippen LogP contribution in [0.1, 0.15) is 35.1 Å². The van der Waals surface area contributed by atoms with Crippen LogP contribution in [0.5, 0.6) is 0 Å². The van der Waals surface area contributed by atoms with E-state index < -0.39 is 0 Å². The fraction of sp³-hybridized carbons (Fsp3) is 0.571. The first-order chi connectivity index (χ1) is 8.81. The van der Waals surface area contributed by atoms with Gasteiger partial charge in [0.15, 0.2) is 0 Å². The molecule has 1 unspecified atom stereocenters. The molecule has 0 aromatic rings. The van der Waals surface area contributed by atoms with Crippen LogP contribution in [0.25, 0.3) is 0 Å². The van der Waals surface area contributed by atoms with Crippen molar-refractivity contribution in [2.75, 3.05) is 0 Å². The summed E-state index contributed by atoms with van der Waals surface area (Å²) in [5.41, 5.74) is 2.66. The van der Waals surface area contributed by atoms with E-state index in [-0.39, 0.29) is 18.6 Å². The number of thioether (sulfide) groups is 1. The molecule has 0 aliphatic carbocycles. The molecule has 2 aliphatic heterocycles. The molecule has 1 amide bonds. The third-order valence-electron chi connectivity index (χ3n) is 2.46. The first kappa shape index (κ1) is 18.6. The van der Waals surface area contributed by atoms with Crippen molar-refractivity contribution in [1.29, 1.82) is 0 Å². The van der Waals surface area contributed by atoms with Gasteiger partial charge in [0, 0.05) is 5.92 Å². The zero-order chi connectivity index (χ0) is 14.6. The predicted molar refractivity (Wildman–Crippen MR) is 85.9 cm³/mol. The molecule has 0 aromatic carbocycles. The van der Waals surface area contributed by atoms with Gasteiger partial charge in [-0.25, -0.2) is 5.48 Å². The Labute approximate surface area is 125 Å². The van der Waals surface area contributed by atoms with Crippen molar-refractivity contribution in [2.24, 2.45) is 16.8 Å². The standard InChI is InChI=1S/C7H11NOS.C6H10N2O.CH4/c1-4(2)6-7(9)8-5(3)10-6;1-4(2)6-7-5(3)9-8-6;/h4,6H,3H2,1-2H3,(H,8,9);4H,3H2,1-2H3,(H,7,8);1H4. The van der Waals surface area contributed by atoms with E-state index in [0.29, 0.717) is 17.7 Å². The molecule has 0 spiro atoms. The number of carbonyl (C=O) groups excluding carboxylic acids is 1. The van der Waals surface area contributed by atoms with E-state index in [9.17, 15) is 4.79 Å². The number of hydrogen-bond donors (Lipinski definition) is 2. The number of hydrogen-bond acceptors (Lipinski definition) is 5. The Balaban J connectivity index is 0.000000345. The minimum Gasteiger partial charge on any atom is -0.361 e. The lowest BCUT2D eigenvalue weighted by Gasteiger charge is -2.07. The summed E-state index contributed by atoms with van der Waals surface area (Å²) in [6.45, 7) is 15.3. The lowest BCUT2D eigenvalue weighted by molar-refractivity contribution is -0.119. The zero-order valence-electron chi connectivity index (χ0n) is 11.8. The molecule has 114 valence electrons. The van der Waals surface area contributed by atoms with Gasteiger partial charge in [-0.05, 0) is 12.5 Å². The van der Waals surface area contributed by atoms with Gasteiger partial charge in [0.25, 0.3) is 0 Å². The molecule has 0 saturated carbocycles. The molecule has 0 aromatic heterocycles. The number of amidine groups is 1. The second-order valence-corrected chi connectivity index (χ2v) is 6.18. The Kier molecular flexibility index (Phi) is 7.42. The average molecular weight is 299 g/mol. The second kappa shape index (κ2) is 7.99.